The van der Waals surface area contributed by atoms with Crippen LogP contribution in [0.1, 0.15) is 24.4 Å². The number of fused-ring (bicyclic) bond motifs is 3. The quantitative estimate of drug-likeness (QED) is 0.549. The van der Waals surface area contributed by atoms with E-state index in [9.17, 15) is 14.4 Å². The van der Waals surface area contributed by atoms with E-state index in [1.54, 1.807) is 32.4 Å². The summed E-state index contributed by atoms with van der Waals surface area (Å²) in [6, 6.07) is 12.6. The summed E-state index contributed by atoms with van der Waals surface area (Å²) in [6.45, 7) is 1.20. The first kappa shape index (κ1) is 19.1. The smallest absolute Gasteiger partial charge is 0.410 e. The van der Waals surface area contributed by atoms with Crippen molar-refractivity contribution in [1.82, 2.24) is 24.1 Å². The molecule has 158 valence electrons. The lowest BCUT2D eigenvalue weighted by Crippen LogP contribution is -2.41. The molecule has 1 aliphatic rings. The summed E-state index contributed by atoms with van der Waals surface area (Å²) in [5.74, 6) is 0. The number of amides is 1. The van der Waals surface area contributed by atoms with Crippen LogP contribution < -0.4 is 11.1 Å². The predicted molar refractivity (Wildman–Crippen MR) is 114 cm³/mol. The number of nitrogens with zero attached hydrogens (tertiary/aromatic N) is 4. The van der Waals surface area contributed by atoms with Gasteiger partial charge in [0, 0.05) is 37.5 Å². The number of piperidine rings is 1. The first-order chi connectivity index (χ1) is 15.1. The molecule has 0 spiro atoms. The van der Waals surface area contributed by atoms with E-state index in [1.165, 1.54) is 6.07 Å². The van der Waals surface area contributed by atoms with Crippen molar-refractivity contribution >= 4 is 22.6 Å². The van der Waals surface area contributed by atoms with Gasteiger partial charge < -0.3 is 19.2 Å². The molecule has 1 aliphatic heterocycles. The van der Waals surface area contributed by atoms with Gasteiger partial charge in [0.15, 0.2) is 0 Å². The van der Waals surface area contributed by atoms with Crippen molar-refractivity contribution in [2.75, 3.05) is 13.1 Å². The molecule has 0 saturated carbocycles. The summed E-state index contributed by atoms with van der Waals surface area (Å²) in [4.78, 5) is 42.1. The SMILES string of the molecule is O=C(OCc1ccccc1)N1CCC(n2cc3c(=O)[nH]c4ccnn4c3cc2=O)CC1. The lowest BCUT2D eigenvalue weighted by molar-refractivity contribution is 0.0829. The van der Waals surface area contributed by atoms with E-state index >= 15 is 0 Å². The molecule has 0 unspecified atom stereocenters. The number of H-pyrrole nitrogens is 1. The Labute approximate surface area is 176 Å². The Morgan fingerprint density at radius 1 is 1.13 bits per heavy atom. The second kappa shape index (κ2) is 7.75. The van der Waals surface area contributed by atoms with Crippen LogP contribution >= 0.6 is 0 Å². The monoisotopic (exact) mass is 419 g/mol. The second-order valence-electron chi connectivity index (χ2n) is 7.66. The molecule has 1 aromatic carbocycles. The van der Waals surface area contributed by atoms with E-state index in [2.05, 4.69) is 10.1 Å². The molecule has 4 aromatic rings. The maximum atomic E-state index is 12.8. The van der Waals surface area contributed by atoms with E-state index in [1.807, 2.05) is 30.3 Å². The zero-order valence-electron chi connectivity index (χ0n) is 16.7. The molecule has 5 rings (SSSR count). The molecule has 9 nitrogen and oxygen atoms in total. The van der Waals surface area contributed by atoms with Gasteiger partial charge in [-0.25, -0.2) is 9.31 Å². The van der Waals surface area contributed by atoms with Gasteiger partial charge in [-0.3, -0.25) is 9.59 Å². The van der Waals surface area contributed by atoms with Crippen molar-refractivity contribution < 1.29 is 9.53 Å². The summed E-state index contributed by atoms with van der Waals surface area (Å²) in [7, 11) is 0. The summed E-state index contributed by atoms with van der Waals surface area (Å²) < 4.78 is 8.55. The van der Waals surface area contributed by atoms with Crippen LogP contribution in [-0.2, 0) is 11.3 Å². The van der Waals surface area contributed by atoms with Gasteiger partial charge in [0.1, 0.15) is 12.3 Å². The van der Waals surface area contributed by atoms with Crippen LogP contribution in [0.25, 0.3) is 16.6 Å². The Hall–Kier alpha value is -3.88. The van der Waals surface area contributed by atoms with Crippen LogP contribution in [0.15, 0.2) is 64.4 Å². The minimum absolute atomic E-state index is 0.0946. The summed E-state index contributed by atoms with van der Waals surface area (Å²) in [5.41, 5.74) is 1.49. The third-order valence-electron chi connectivity index (χ3n) is 5.74. The second-order valence-corrected chi connectivity index (χ2v) is 7.66. The minimum atomic E-state index is -0.356. The zero-order chi connectivity index (χ0) is 21.4. The highest BCUT2D eigenvalue weighted by molar-refractivity contribution is 5.79. The molecule has 1 N–H and O–H groups in total. The fraction of sp³-hybridized carbons (Fsp3) is 0.273. The number of ether oxygens (including phenoxy) is 1. The number of carbonyl (C=O) groups is 1. The van der Waals surface area contributed by atoms with Crippen molar-refractivity contribution in [3.63, 3.8) is 0 Å². The van der Waals surface area contributed by atoms with Crippen molar-refractivity contribution in [2.45, 2.75) is 25.5 Å². The number of pyridine rings is 1. The van der Waals surface area contributed by atoms with Gasteiger partial charge in [-0.05, 0) is 18.4 Å². The summed E-state index contributed by atoms with van der Waals surface area (Å²) >= 11 is 0. The predicted octanol–water partition coefficient (Wildman–Crippen LogP) is 2.31. The van der Waals surface area contributed by atoms with E-state index in [0.29, 0.717) is 42.5 Å². The number of aromatic nitrogens is 4. The molecule has 0 radical (unpaired) electrons. The molecule has 1 fully saturated rings. The highest BCUT2D eigenvalue weighted by Crippen LogP contribution is 2.23. The molecule has 1 saturated heterocycles. The first-order valence-electron chi connectivity index (χ1n) is 10.2. The molecular weight excluding hydrogens is 398 g/mol. The molecular formula is C22H21N5O4. The molecule has 1 amide bonds. The number of carbonyl (C=O) groups excluding carboxylic acids is 1. The van der Waals surface area contributed by atoms with Crippen molar-refractivity contribution in [1.29, 1.82) is 0 Å². The number of hydrogen-bond donors (Lipinski definition) is 1. The molecule has 0 aliphatic carbocycles. The first-order valence-corrected chi connectivity index (χ1v) is 10.2. The lowest BCUT2D eigenvalue weighted by atomic mass is 10.0. The van der Waals surface area contributed by atoms with E-state index in [-0.39, 0.29) is 29.9 Å². The molecule has 9 heteroatoms. The number of rotatable bonds is 3. The van der Waals surface area contributed by atoms with E-state index in [0.717, 1.165) is 5.56 Å². The van der Waals surface area contributed by atoms with Crippen molar-refractivity contribution in [2.24, 2.45) is 0 Å². The Kier molecular flexibility index (Phi) is 4.78. The third-order valence-corrected chi connectivity index (χ3v) is 5.74. The molecule has 31 heavy (non-hydrogen) atoms. The van der Waals surface area contributed by atoms with Crippen LogP contribution in [0.4, 0.5) is 4.79 Å². The molecule has 3 aromatic heterocycles. The maximum Gasteiger partial charge on any atom is 0.410 e. The highest BCUT2D eigenvalue weighted by atomic mass is 16.6. The summed E-state index contributed by atoms with van der Waals surface area (Å²) in [5, 5.41) is 4.58. The van der Waals surface area contributed by atoms with Gasteiger partial charge in [-0.2, -0.15) is 5.10 Å². The van der Waals surface area contributed by atoms with Gasteiger partial charge in [0.25, 0.3) is 11.1 Å². The van der Waals surface area contributed by atoms with Crippen molar-refractivity contribution in [3.8, 4) is 0 Å². The van der Waals surface area contributed by atoms with E-state index in [4.69, 9.17) is 4.74 Å². The van der Waals surface area contributed by atoms with Gasteiger partial charge in [0.2, 0.25) is 0 Å². The number of aromatic amines is 1. The fourth-order valence-corrected chi connectivity index (χ4v) is 4.08. The zero-order valence-corrected chi connectivity index (χ0v) is 16.7. The van der Waals surface area contributed by atoms with Gasteiger partial charge in [0.05, 0.1) is 17.1 Å². The molecule has 0 atom stereocenters. The van der Waals surface area contributed by atoms with Crippen molar-refractivity contribution in [3.05, 3.63) is 81.1 Å². The minimum Gasteiger partial charge on any atom is -0.445 e. The Morgan fingerprint density at radius 2 is 1.90 bits per heavy atom. The Balaban J connectivity index is 1.31. The number of benzene rings is 1. The maximum absolute atomic E-state index is 12.8. The number of nitrogens with one attached hydrogen (secondary N) is 1. The van der Waals surface area contributed by atoms with Gasteiger partial charge in [-0.1, -0.05) is 30.3 Å². The average molecular weight is 419 g/mol. The highest BCUT2D eigenvalue weighted by Gasteiger charge is 2.26. The number of likely N-dealkylation sites (tertiary alicyclic amines) is 1. The standard InChI is InChI=1S/C22H21N5O4/c28-20-12-18-17(21(29)24-19-6-9-23-27(18)19)13-26(20)16-7-10-25(11-8-16)22(30)31-14-15-4-2-1-3-5-15/h1-6,9,12-13,16H,7-8,10-11,14H2,(H,24,29). The van der Waals surface area contributed by atoms with Crippen LogP contribution in [0.2, 0.25) is 0 Å². The molecule has 4 heterocycles. The van der Waals surface area contributed by atoms with Crippen LogP contribution in [0.3, 0.4) is 0 Å². The average Bonchev–Trinajstić information content (AvgIpc) is 3.27. The Morgan fingerprint density at radius 3 is 2.68 bits per heavy atom. The third kappa shape index (κ3) is 3.58. The largest absolute Gasteiger partial charge is 0.445 e. The molecule has 0 bridgehead atoms. The normalized spacial score (nSPS) is 14.9. The lowest BCUT2D eigenvalue weighted by Gasteiger charge is -2.32. The van der Waals surface area contributed by atoms with Crippen LogP contribution in [-0.4, -0.2) is 43.2 Å². The van der Waals surface area contributed by atoms with Crippen LogP contribution in [0, 0.1) is 0 Å². The van der Waals surface area contributed by atoms with Crippen LogP contribution in [0.5, 0.6) is 0 Å². The topological polar surface area (TPSA) is 102 Å². The fourth-order valence-electron chi connectivity index (χ4n) is 4.08. The van der Waals surface area contributed by atoms with Gasteiger partial charge in [-0.15, -0.1) is 0 Å². The Bertz CT molecular complexity index is 1360. The summed E-state index contributed by atoms with van der Waals surface area (Å²) in [6.07, 6.45) is 4.03. The van der Waals surface area contributed by atoms with Gasteiger partial charge >= 0.3 is 6.09 Å². The van der Waals surface area contributed by atoms with E-state index < -0.39 is 0 Å². The number of hydrogen-bond acceptors (Lipinski definition) is 5.